The Kier molecular flexibility index (Phi) is 4.57. The molecule has 27 heavy (non-hydrogen) atoms. The van der Waals surface area contributed by atoms with Crippen LogP contribution in [-0.2, 0) is 4.79 Å². The number of benzene rings is 2. The largest absolute Gasteiger partial charge is 0.490 e. The first-order valence-electron chi connectivity index (χ1n) is 8.62. The van der Waals surface area contributed by atoms with Gasteiger partial charge in [-0.25, -0.2) is 0 Å². The number of anilines is 1. The highest BCUT2D eigenvalue weighted by atomic mass is 16.5. The summed E-state index contributed by atoms with van der Waals surface area (Å²) in [7, 11) is 0. The third kappa shape index (κ3) is 3.52. The molecule has 7 heteroatoms. The summed E-state index contributed by atoms with van der Waals surface area (Å²) >= 11 is 0. The molecule has 2 aromatic carbocycles. The summed E-state index contributed by atoms with van der Waals surface area (Å²) in [6.45, 7) is 2.67. The summed E-state index contributed by atoms with van der Waals surface area (Å²) in [5.41, 5.74) is 2.88. The molecule has 1 amide bonds. The second-order valence-electron chi connectivity index (χ2n) is 5.89. The number of ether oxygens (including phenoxy) is 2. The smallest absolute Gasteiger partial charge is 0.255 e. The van der Waals surface area contributed by atoms with Crippen LogP contribution in [0.5, 0.6) is 11.5 Å². The van der Waals surface area contributed by atoms with Crippen molar-refractivity contribution in [1.29, 1.82) is 0 Å². The lowest BCUT2D eigenvalue weighted by Crippen LogP contribution is -2.21. The van der Waals surface area contributed by atoms with E-state index in [-0.39, 0.29) is 12.5 Å². The van der Waals surface area contributed by atoms with Crippen molar-refractivity contribution in [1.82, 2.24) is 15.0 Å². The minimum Gasteiger partial charge on any atom is -0.490 e. The fourth-order valence-electron chi connectivity index (χ4n) is 2.82. The summed E-state index contributed by atoms with van der Waals surface area (Å²) in [5.74, 6) is 1.16. The number of hydrogen-bond acceptors (Lipinski definition) is 5. The number of hydrogen-bond donors (Lipinski definition) is 1. The summed E-state index contributed by atoms with van der Waals surface area (Å²) in [6, 6.07) is 12.9. The topological polar surface area (TPSA) is 78.3 Å². The second-order valence-corrected chi connectivity index (χ2v) is 5.89. The third-order valence-corrected chi connectivity index (χ3v) is 4.08. The van der Waals surface area contributed by atoms with Crippen LogP contribution in [0.15, 0.2) is 60.4 Å². The summed E-state index contributed by atoms with van der Waals surface area (Å²) in [5, 5.41) is 11.0. The number of amides is 1. The Morgan fingerprint density at radius 1 is 1.19 bits per heavy atom. The molecule has 0 aliphatic carbocycles. The van der Waals surface area contributed by atoms with Crippen molar-refractivity contribution in [2.24, 2.45) is 0 Å². The Hall–Kier alpha value is -3.61. The van der Waals surface area contributed by atoms with E-state index in [4.69, 9.17) is 9.47 Å². The summed E-state index contributed by atoms with van der Waals surface area (Å²) < 4.78 is 11.3. The molecule has 0 radical (unpaired) electrons. The number of nitrogens with one attached hydrogen (secondary N) is 1. The molecule has 1 aliphatic heterocycles. The highest BCUT2D eigenvalue weighted by Crippen LogP contribution is 2.35. The average molecular weight is 362 g/mol. The molecular formula is C20H18N4O3. The van der Waals surface area contributed by atoms with E-state index in [0.717, 1.165) is 11.3 Å². The number of carbonyl (C=O) groups is 1. The van der Waals surface area contributed by atoms with Gasteiger partial charge in [0.1, 0.15) is 6.61 Å². The molecule has 136 valence electrons. The highest BCUT2D eigenvalue weighted by Gasteiger charge is 2.20. The van der Waals surface area contributed by atoms with Crippen LogP contribution in [0.2, 0.25) is 0 Å². The number of fused-ring (bicyclic) bond motifs is 1. The van der Waals surface area contributed by atoms with Crippen molar-refractivity contribution in [3.8, 4) is 17.2 Å². The van der Waals surface area contributed by atoms with Gasteiger partial charge in [0.15, 0.2) is 11.5 Å². The van der Waals surface area contributed by atoms with Gasteiger partial charge in [-0.1, -0.05) is 12.1 Å². The van der Waals surface area contributed by atoms with E-state index in [1.54, 1.807) is 12.4 Å². The van der Waals surface area contributed by atoms with Crippen LogP contribution in [0.25, 0.3) is 11.8 Å². The zero-order valence-corrected chi connectivity index (χ0v) is 14.8. The molecule has 0 spiro atoms. The van der Waals surface area contributed by atoms with Gasteiger partial charge in [-0.15, -0.1) is 0 Å². The van der Waals surface area contributed by atoms with E-state index in [1.807, 2.05) is 55.5 Å². The van der Waals surface area contributed by atoms with Crippen LogP contribution < -0.4 is 14.8 Å². The summed E-state index contributed by atoms with van der Waals surface area (Å²) in [4.78, 5) is 14.1. The molecule has 0 saturated carbocycles. The maximum absolute atomic E-state index is 12.6. The van der Waals surface area contributed by atoms with E-state index < -0.39 is 0 Å². The molecule has 0 fully saturated rings. The van der Waals surface area contributed by atoms with Gasteiger partial charge >= 0.3 is 0 Å². The minimum atomic E-state index is -0.201. The van der Waals surface area contributed by atoms with Gasteiger partial charge in [0.25, 0.3) is 5.91 Å². The molecule has 0 atom stereocenters. The van der Waals surface area contributed by atoms with E-state index in [9.17, 15) is 4.79 Å². The Balaban J connectivity index is 1.49. The van der Waals surface area contributed by atoms with Gasteiger partial charge in [-0.2, -0.15) is 15.0 Å². The first kappa shape index (κ1) is 16.8. The molecule has 7 nitrogen and oxygen atoms in total. The zero-order chi connectivity index (χ0) is 18.6. The van der Waals surface area contributed by atoms with E-state index in [1.165, 1.54) is 4.80 Å². The molecule has 1 N–H and O–H groups in total. The lowest BCUT2D eigenvalue weighted by atomic mass is 10.1. The van der Waals surface area contributed by atoms with Gasteiger partial charge < -0.3 is 14.8 Å². The Morgan fingerprint density at radius 3 is 2.70 bits per heavy atom. The number of carbonyl (C=O) groups excluding carboxylic acids is 1. The van der Waals surface area contributed by atoms with E-state index in [2.05, 4.69) is 15.5 Å². The van der Waals surface area contributed by atoms with Crippen molar-refractivity contribution in [2.75, 3.05) is 18.5 Å². The third-order valence-electron chi connectivity index (χ3n) is 4.08. The maximum atomic E-state index is 12.6. The van der Waals surface area contributed by atoms with Crippen molar-refractivity contribution in [3.05, 3.63) is 66.0 Å². The number of para-hydroxylation sites is 1. The lowest BCUT2D eigenvalue weighted by Gasteiger charge is -2.20. The fraction of sp³-hybridized carbons (Fsp3) is 0.150. The Bertz CT molecular complexity index is 979. The molecule has 0 saturated heterocycles. The van der Waals surface area contributed by atoms with Crippen LogP contribution >= 0.6 is 0 Å². The first-order chi connectivity index (χ1) is 13.2. The van der Waals surface area contributed by atoms with Crippen LogP contribution in [-0.4, -0.2) is 34.1 Å². The molecule has 0 unspecified atom stereocenters. The summed E-state index contributed by atoms with van der Waals surface area (Å²) in [6.07, 6.45) is 5.05. The lowest BCUT2D eigenvalue weighted by molar-refractivity contribution is -0.113. The van der Waals surface area contributed by atoms with Gasteiger partial charge in [0.2, 0.25) is 0 Å². The SMILES string of the molecule is CCOc1cccc2c1OCC(C(=O)Nc1ccc(-n3nccn3)cc1)=C2. The second kappa shape index (κ2) is 7.33. The van der Waals surface area contributed by atoms with E-state index >= 15 is 0 Å². The predicted molar refractivity (Wildman–Crippen MR) is 101 cm³/mol. The Labute approximate surface area is 156 Å². The molecule has 4 rings (SSSR count). The van der Waals surface area contributed by atoms with Crippen molar-refractivity contribution in [2.45, 2.75) is 6.92 Å². The maximum Gasteiger partial charge on any atom is 0.255 e. The molecular weight excluding hydrogens is 344 g/mol. The highest BCUT2D eigenvalue weighted by molar-refractivity contribution is 6.07. The monoisotopic (exact) mass is 362 g/mol. The minimum absolute atomic E-state index is 0.193. The van der Waals surface area contributed by atoms with Gasteiger partial charge in [-0.3, -0.25) is 4.79 Å². The molecule has 3 aromatic rings. The molecule has 1 aromatic heterocycles. The van der Waals surface area contributed by atoms with Gasteiger partial charge in [-0.05, 0) is 43.3 Å². The predicted octanol–water partition coefficient (Wildman–Crippen LogP) is 3.08. The van der Waals surface area contributed by atoms with E-state index in [0.29, 0.717) is 29.4 Å². The standard InChI is InChI=1S/C20H18N4O3/c1-2-26-18-5-3-4-14-12-15(13-27-19(14)18)20(25)23-16-6-8-17(9-7-16)24-21-10-11-22-24/h3-12H,2,13H2,1H3,(H,23,25). The van der Waals surface area contributed by atoms with Crippen molar-refractivity contribution >= 4 is 17.7 Å². The fourth-order valence-corrected chi connectivity index (χ4v) is 2.82. The quantitative estimate of drug-likeness (QED) is 0.755. The van der Waals surface area contributed by atoms with Crippen molar-refractivity contribution in [3.63, 3.8) is 0 Å². The first-order valence-corrected chi connectivity index (χ1v) is 8.62. The van der Waals surface area contributed by atoms with Crippen LogP contribution in [0.4, 0.5) is 5.69 Å². The number of aromatic nitrogens is 3. The van der Waals surface area contributed by atoms with Crippen molar-refractivity contribution < 1.29 is 14.3 Å². The normalized spacial score (nSPS) is 12.6. The average Bonchev–Trinajstić information content (AvgIpc) is 3.23. The van der Waals surface area contributed by atoms with Crippen LogP contribution in [0.3, 0.4) is 0 Å². The van der Waals surface area contributed by atoms with Crippen LogP contribution in [0.1, 0.15) is 12.5 Å². The molecule has 2 heterocycles. The Morgan fingerprint density at radius 2 is 1.96 bits per heavy atom. The number of rotatable bonds is 5. The molecule has 1 aliphatic rings. The van der Waals surface area contributed by atoms with Crippen LogP contribution in [0, 0.1) is 0 Å². The molecule has 0 bridgehead atoms. The van der Waals surface area contributed by atoms with Gasteiger partial charge in [0, 0.05) is 11.3 Å². The number of nitrogens with zero attached hydrogens (tertiary/aromatic N) is 3. The zero-order valence-electron chi connectivity index (χ0n) is 14.8. The van der Waals surface area contributed by atoms with Gasteiger partial charge in [0.05, 0.1) is 30.3 Å².